The zero-order valence-corrected chi connectivity index (χ0v) is 12.4. The van der Waals surface area contributed by atoms with Crippen molar-refractivity contribution in [2.24, 2.45) is 0 Å². The number of carbonyl (C=O) groups is 1. The van der Waals surface area contributed by atoms with Crippen LogP contribution >= 0.6 is 0 Å². The maximum atomic E-state index is 13.2. The molecule has 0 bridgehead atoms. The van der Waals surface area contributed by atoms with E-state index in [1.54, 1.807) is 0 Å². The summed E-state index contributed by atoms with van der Waals surface area (Å²) in [5.74, 6) is -1.65. The maximum Gasteiger partial charge on any atom is 0.336 e. The minimum atomic E-state index is -1.11. The second kappa shape index (κ2) is 5.95. The molecule has 2 aromatic rings. The SMILES string of the molecule is Cc1ccc(N(C)Cc2ccc(F)cc2C(=O)O)c(C)c1. The van der Waals surface area contributed by atoms with Crippen LogP contribution in [0.15, 0.2) is 36.4 Å². The van der Waals surface area contributed by atoms with Crippen LogP contribution in [0.4, 0.5) is 10.1 Å². The van der Waals surface area contributed by atoms with Gasteiger partial charge in [0, 0.05) is 19.3 Å². The quantitative estimate of drug-likeness (QED) is 0.930. The van der Waals surface area contributed by atoms with Crippen LogP contribution in [0.25, 0.3) is 0 Å². The van der Waals surface area contributed by atoms with Gasteiger partial charge in [0.2, 0.25) is 0 Å². The molecule has 0 aliphatic carbocycles. The number of nitrogens with zero attached hydrogens (tertiary/aromatic N) is 1. The number of anilines is 1. The largest absolute Gasteiger partial charge is 0.478 e. The minimum absolute atomic E-state index is 0.00612. The number of halogens is 1. The molecule has 0 saturated carbocycles. The van der Waals surface area contributed by atoms with E-state index in [2.05, 4.69) is 6.07 Å². The van der Waals surface area contributed by atoms with Gasteiger partial charge in [0.15, 0.2) is 0 Å². The van der Waals surface area contributed by atoms with Crippen LogP contribution in [0.3, 0.4) is 0 Å². The number of carboxylic acids is 1. The maximum absolute atomic E-state index is 13.2. The van der Waals surface area contributed by atoms with E-state index >= 15 is 0 Å². The lowest BCUT2D eigenvalue weighted by molar-refractivity contribution is 0.0695. The Morgan fingerprint density at radius 1 is 1.19 bits per heavy atom. The van der Waals surface area contributed by atoms with E-state index in [9.17, 15) is 14.3 Å². The number of aromatic carboxylic acids is 1. The lowest BCUT2D eigenvalue weighted by Gasteiger charge is -2.22. The summed E-state index contributed by atoms with van der Waals surface area (Å²) in [7, 11) is 1.90. The molecule has 0 aliphatic rings. The second-order valence-corrected chi connectivity index (χ2v) is 5.25. The summed E-state index contributed by atoms with van der Waals surface area (Å²) in [5, 5.41) is 9.18. The van der Waals surface area contributed by atoms with Crippen LogP contribution in [-0.2, 0) is 6.54 Å². The van der Waals surface area contributed by atoms with Gasteiger partial charge in [-0.15, -0.1) is 0 Å². The highest BCUT2D eigenvalue weighted by Crippen LogP contribution is 2.23. The molecule has 1 N–H and O–H groups in total. The van der Waals surface area contributed by atoms with Gasteiger partial charge in [-0.05, 0) is 43.2 Å². The molecule has 110 valence electrons. The van der Waals surface area contributed by atoms with Crippen LogP contribution < -0.4 is 4.90 Å². The van der Waals surface area contributed by atoms with Gasteiger partial charge < -0.3 is 10.0 Å². The smallest absolute Gasteiger partial charge is 0.336 e. The van der Waals surface area contributed by atoms with Crippen LogP contribution in [0.2, 0.25) is 0 Å². The predicted molar refractivity (Wildman–Crippen MR) is 81.4 cm³/mol. The van der Waals surface area contributed by atoms with Crippen LogP contribution in [-0.4, -0.2) is 18.1 Å². The molecule has 0 atom stereocenters. The molecule has 0 fully saturated rings. The topological polar surface area (TPSA) is 40.5 Å². The third kappa shape index (κ3) is 3.40. The van der Waals surface area contributed by atoms with Gasteiger partial charge in [-0.2, -0.15) is 0 Å². The van der Waals surface area contributed by atoms with Crippen molar-refractivity contribution >= 4 is 11.7 Å². The molecule has 0 aromatic heterocycles. The van der Waals surface area contributed by atoms with Gasteiger partial charge >= 0.3 is 5.97 Å². The van der Waals surface area contributed by atoms with Crippen molar-refractivity contribution in [3.05, 3.63) is 64.5 Å². The van der Waals surface area contributed by atoms with E-state index in [0.717, 1.165) is 17.3 Å². The molecule has 21 heavy (non-hydrogen) atoms. The Bertz CT molecular complexity index is 682. The Morgan fingerprint density at radius 2 is 1.90 bits per heavy atom. The van der Waals surface area contributed by atoms with E-state index in [1.807, 2.05) is 37.9 Å². The number of hydrogen-bond donors (Lipinski definition) is 1. The van der Waals surface area contributed by atoms with Gasteiger partial charge in [-0.3, -0.25) is 0 Å². The third-order valence-corrected chi connectivity index (χ3v) is 3.47. The summed E-state index contributed by atoms with van der Waals surface area (Å²) in [6.45, 7) is 4.45. The van der Waals surface area contributed by atoms with Crippen LogP contribution in [0.5, 0.6) is 0 Å². The number of carboxylic acid groups (broad SMARTS) is 1. The average molecular weight is 287 g/mol. The number of aryl methyl sites for hydroxylation is 2. The Labute approximate surface area is 123 Å². The summed E-state index contributed by atoms with van der Waals surface area (Å²) in [5.41, 5.74) is 3.92. The molecule has 0 aliphatic heterocycles. The Hall–Kier alpha value is -2.36. The lowest BCUT2D eigenvalue weighted by atomic mass is 10.1. The van der Waals surface area contributed by atoms with Crippen molar-refractivity contribution in [3.63, 3.8) is 0 Å². The average Bonchev–Trinajstić information content (AvgIpc) is 2.40. The molecular formula is C17H18FNO2. The van der Waals surface area contributed by atoms with E-state index in [-0.39, 0.29) is 5.56 Å². The van der Waals surface area contributed by atoms with Gasteiger partial charge in [-0.1, -0.05) is 23.8 Å². The molecule has 4 heteroatoms. The summed E-state index contributed by atoms with van der Waals surface area (Å²) >= 11 is 0. The predicted octanol–water partition coefficient (Wildman–Crippen LogP) is 3.78. The molecule has 2 rings (SSSR count). The zero-order valence-electron chi connectivity index (χ0n) is 12.4. The van der Waals surface area contributed by atoms with Crippen LogP contribution in [0, 0.1) is 19.7 Å². The third-order valence-electron chi connectivity index (χ3n) is 3.47. The Kier molecular flexibility index (Phi) is 4.26. The summed E-state index contributed by atoms with van der Waals surface area (Å²) in [4.78, 5) is 13.2. The van der Waals surface area contributed by atoms with Gasteiger partial charge in [0.1, 0.15) is 5.82 Å². The monoisotopic (exact) mass is 287 g/mol. The fraction of sp³-hybridized carbons (Fsp3) is 0.235. The van der Waals surface area contributed by atoms with Gasteiger partial charge in [0.05, 0.1) is 5.56 Å². The molecule has 0 saturated heterocycles. The first-order valence-corrected chi connectivity index (χ1v) is 6.68. The highest BCUT2D eigenvalue weighted by atomic mass is 19.1. The first-order valence-electron chi connectivity index (χ1n) is 6.68. The number of hydrogen-bond acceptors (Lipinski definition) is 2. The first-order chi connectivity index (χ1) is 9.88. The molecular weight excluding hydrogens is 269 g/mol. The fourth-order valence-corrected chi connectivity index (χ4v) is 2.46. The van der Waals surface area contributed by atoms with Crippen molar-refractivity contribution in [1.29, 1.82) is 0 Å². The molecule has 3 nitrogen and oxygen atoms in total. The zero-order chi connectivity index (χ0) is 15.6. The standard InChI is InChI=1S/C17H18FNO2/c1-11-4-7-16(12(2)8-11)19(3)10-13-5-6-14(18)9-15(13)17(20)21/h4-9H,10H2,1-3H3,(H,20,21). The van der Waals surface area contributed by atoms with E-state index in [0.29, 0.717) is 12.1 Å². The van der Waals surface area contributed by atoms with E-state index in [4.69, 9.17) is 0 Å². The number of rotatable bonds is 4. The summed E-state index contributed by atoms with van der Waals surface area (Å²) < 4.78 is 13.2. The molecule has 0 heterocycles. The molecule has 0 spiro atoms. The molecule has 2 aromatic carbocycles. The normalized spacial score (nSPS) is 10.5. The second-order valence-electron chi connectivity index (χ2n) is 5.25. The van der Waals surface area contributed by atoms with E-state index < -0.39 is 11.8 Å². The van der Waals surface area contributed by atoms with Crippen molar-refractivity contribution < 1.29 is 14.3 Å². The highest BCUT2D eigenvalue weighted by molar-refractivity contribution is 5.89. The summed E-state index contributed by atoms with van der Waals surface area (Å²) in [6.07, 6.45) is 0. The molecule has 0 unspecified atom stereocenters. The van der Waals surface area contributed by atoms with Crippen molar-refractivity contribution in [2.45, 2.75) is 20.4 Å². The highest BCUT2D eigenvalue weighted by Gasteiger charge is 2.14. The van der Waals surface area contributed by atoms with E-state index in [1.165, 1.54) is 17.7 Å². The minimum Gasteiger partial charge on any atom is -0.478 e. The molecule has 0 radical (unpaired) electrons. The Morgan fingerprint density at radius 3 is 2.52 bits per heavy atom. The van der Waals surface area contributed by atoms with Gasteiger partial charge in [0.25, 0.3) is 0 Å². The lowest BCUT2D eigenvalue weighted by Crippen LogP contribution is -2.19. The van der Waals surface area contributed by atoms with Gasteiger partial charge in [-0.25, -0.2) is 9.18 Å². The van der Waals surface area contributed by atoms with Crippen molar-refractivity contribution in [2.75, 3.05) is 11.9 Å². The fourth-order valence-electron chi connectivity index (χ4n) is 2.46. The first kappa shape index (κ1) is 15.0. The number of benzene rings is 2. The van der Waals surface area contributed by atoms with Crippen molar-refractivity contribution in [3.8, 4) is 0 Å². The Balaban J connectivity index is 2.31. The van der Waals surface area contributed by atoms with Crippen molar-refractivity contribution in [1.82, 2.24) is 0 Å². The van der Waals surface area contributed by atoms with Crippen LogP contribution in [0.1, 0.15) is 27.0 Å². The summed E-state index contributed by atoms with van der Waals surface area (Å²) in [6, 6.07) is 9.98. The molecule has 0 amide bonds.